The molecule has 1 N–H and O–H groups in total. The Morgan fingerprint density at radius 3 is 3.04 bits per heavy atom. The van der Waals surface area contributed by atoms with Gasteiger partial charge in [-0.15, -0.1) is 11.3 Å². The van der Waals surface area contributed by atoms with E-state index < -0.39 is 0 Å². The molecule has 0 fully saturated rings. The lowest BCUT2D eigenvalue weighted by Gasteiger charge is -2.13. The van der Waals surface area contributed by atoms with Gasteiger partial charge in [0.1, 0.15) is 17.1 Å². The van der Waals surface area contributed by atoms with E-state index in [1.165, 1.54) is 18.4 Å². The van der Waals surface area contributed by atoms with Gasteiger partial charge in [-0.2, -0.15) is 0 Å². The lowest BCUT2D eigenvalue weighted by Crippen LogP contribution is -2.30. The van der Waals surface area contributed by atoms with Gasteiger partial charge in [-0.05, 0) is 55.8 Å². The van der Waals surface area contributed by atoms with Crippen molar-refractivity contribution >= 4 is 28.2 Å². The summed E-state index contributed by atoms with van der Waals surface area (Å²) in [5.74, 6) is 1.71. The second-order valence-electron chi connectivity index (χ2n) is 6.46. The molecule has 0 unspecified atom stereocenters. The lowest BCUT2D eigenvalue weighted by molar-refractivity contribution is -0.123. The topological polar surface area (TPSA) is 51.5 Å². The summed E-state index contributed by atoms with van der Waals surface area (Å²) in [4.78, 5) is 13.3. The molecule has 0 saturated heterocycles. The second-order valence-corrected chi connectivity index (χ2v) is 7.44. The average molecular weight is 355 g/mol. The third kappa shape index (κ3) is 3.42. The molecular formula is C20H21NO3S. The van der Waals surface area contributed by atoms with Gasteiger partial charge in [-0.25, -0.2) is 0 Å². The predicted octanol–water partition coefficient (Wildman–Crippen LogP) is 4.63. The van der Waals surface area contributed by atoms with Crippen molar-refractivity contribution in [1.29, 1.82) is 0 Å². The van der Waals surface area contributed by atoms with E-state index in [-0.39, 0.29) is 18.6 Å². The quantitative estimate of drug-likeness (QED) is 0.726. The van der Waals surface area contributed by atoms with Crippen LogP contribution in [-0.4, -0.2) is 12.5 Å². The standard InChI is InChI=1S/C20H21NO3S/c1-13(19-7-4-10-25-19)21-20(22)12-23-14-8-9-18-16(11-14)15-5-2-3-6-17(15)24-18/h4,7-11,13H,2-3,5-6,12H2,1H3,(H,21,22)/t13-/m1/s1. The van der Waals surface area contributed by atoms with Crippen LogP contribution in [0, 0.1) is 0 Å². The van der Waals surface area contributed by atoms with Gasteiger partial charge >= 0.3 is 0 Å². The first-order chi connectivity index (χ1) is 12.2. The van der Waals surface area contributed by atoms with Gasteiger partial charge in [0.05, 0.1) is 6.04 Å². The van der Waals surface area contributed by atoms with E-state index in [0.29, 0.717) is 5.75 Å². The largest absolute Gasteiger partial charge is 0.484 e. The number of carbonyl (C=O) groups excluding carboxylic acids is 1. The van der Waals surface area contributed by atoms with E-state index in [0.717, 1.165) is 34.4 Å². The number of furan rings is 1. The highest BCUT2D eigenvalue weighted by molar-refractivity contribution is 7.10. The smallest absolute Gasteiger partial charge is 0.258 e. The van der Waals surface area contributed by atoms with Gasteiger partial charge < -0.3 is 14.5 Å². The number of aryl methyl sites for hydroxylation is 2. The highest BCUT2D eigenvalue weighted by atomic mass is 32.1. The van der Waals surface area contributed by atoms with Crippen LogP contribution in [0.2, 0.25) is 0 Å². The summed E-state index contributed by atoms with van der Waals surface area (Å²) in [6, 6.07) is 9.81. The first kappa shape index (κ1) is 16.2. The normalized spacial score (nSPS) is 14.9. The Balaban J connectivity index is 1.41. The molecule has 3 aromatic rings. The molecule has 4 nitrogen and oxygen atoms in total. The maximum Gasteiger partial charge on any atom is 0.258 e. The van der Waals surface area contributed by atoms with E-state index >= 15 is 0 Å². The molecule has 0 bridgehead atoms. The molecule has 1 atom stereocenters. The maximum atomic E-state index is 12.1. The Morgan fingerprint density at radius 2 is 2.20 bits per heavy atom. The fourth-order valence-electron chi connectivity index (χ4n) is 3.37. The molecule has 1 amide bonds. The van der Waals surface area contributed by atoms with Crippen molar-refractivity contribution in [1.82, 2.24) is 5.32 Å². The predicted molar refractivity (Wildman–Crippen MR) is 99.2 cm³/mol. The average Bonchev–Trinajstić information content (AvgIpc) is 3.27. The van der Waals surface area contributed by atoms with Crippen molar-refractivity contribution in [2.75, 3.05) is 6.61 Å². The third-order valence-electron chi connectivity index (χ3n) is 4.64. The van der Waals surface area contributed by atoms with Crippen LogP contribution in [0.5, 0.6) is 5.75 Å². The van der Waals surface area contributed by atoms with E-state index in [9.17, 15) is 4.79 Å². The van der Waals surface area contributed by atoms with Crippen LogP contribution in [0.25, 0.3) is 11.0 Å². The Labute approximate surface area is 150 Å². The van der Waals surface area contributed by atoms with Crippen LogP contribution in [0.1, 0.15) is 42.0 Å². The fraction of sp³-hybridized carbons (Fsp3) is 0.350. The molecule has 1 aromatic carbocycles. The van der Waals surface area contributed by atoms with E-state index in [4.69, 9.17) is 9.15 Å². The van der Waals surface area contributed by atoms with Gasteiger partial charge in [0, 0.05) is 22.2 Å². The summed E-state index contributed by atoms with van der Waals surface area (Å²) >= 11 is 1.64. The molecule has 2 heterocycles. The summed E-state index contributed by atoms with van der Waals surface area (Å²) < 4.78 is 11.6. The molecule has 0 saturated carbocycles. The molecule has 2 aromatic heterocycles. The molecule has 1 aliphatic rings. The monoisotopic (exact) mass is 355 g/mol. The number of rotatable bonds is 5. The number of ether oxygens (including phenoxy) is 1. The van der Waals surface area contributed by atoms with Crippen molar-refractivity contribution < 1.29 is 13.9 Å². The minimum atomic E-state index is -0.116. The van der Waals surface area contributed by atoms with Crippen molar-refractivity contribution in [3.8, 4) is 5.75 Å². The number of nitrogens with one attached hydrogen (secondary N) is 1. The molecule has 0 radical (unpaired) electrons. The molecule has 25 heavy (non-hydrogen) atoms. The summed E-state index contributed by atoms with van der Waals surface area (Å²) in [5, 5.41) is 6.10. The molecular weight excluding hydrogens is 334 g/mol. The van der Waals surface area contributed by atoms with E-state index in [2.05, 4.69) is 5.32 Å². The SMILES string of the molecule is C[C@@H](NC(=O)COc1ccc2oc3c(c2c1)CCCC3)c1cccs1. The molecule has 0 aliphatic heterocycles. The van der Waals surface area contributed by atoms with Gasteiger partial charge in [0.2, 0.25) is 0 Å². The van der Waals surface area contributed by atoms with Crippen molar-refractivity contribution in [3.05, 3.63) is 51.9 Å². The van der Waals surface area contributed by atoms with Crippen LogP contribution in [0.3, 0.4) is 0 Å². The zero-order chi connectivity index (χ0) is 17.2. The van der Waals surface area contributed by atoms with Crippen LogP contribution >= 0.6 is 11.3 Å². The molecule has 1 aliphatic carbocycles. The van der Waals surface area contributed by atoms with Gasteiger partial charge in [-0.3, -0.25) is 4.79 Å². The second kappa shape index (κ2) is 6.92. The van der Waals surface area contributed by atoms with Crippen molar-refractivity contribution in [2.45, 2.75) is 38.6 Å². The van der Waals surface area contributed by atoms with Crippen LogP contribution < -0.4 is 10.1 Å². The number of hydrogen-bond acceptors (Lipinski definition) is 4. The van der Waals surface area contributed by atoms with Crippen molar-refractivity contribution in [2.24, 2.45) is 0 Å². The Hall–Kier alpha value is -2.27. The number of carbonyl (C=O) groups is 1. The lowest BCUT2D eigenvalue weighted by atomic mass is 9.96. The van der Waals surface area contributed by atoms with Crippen LogP contribution in [-0.2, 0) is 17.6 Å². The summed E-state index contributed by atoms with van der Waals surface area (Å²) in [6.07, 6.45) is 4.47. The third-order valence-corrected chi connectivity index (χ3v) is 5.70. The molecule has 4 rings (SSSR count). The Kier molecular flexibility index (Phi) is 4.49. The Bertz CT molecular complexity index is 882. The molecule has 5 heteroatoms. The zero-order valence-electron chi connectivity index (χ0n) is 14.2. The van der Waals surface area contributed by atoms with E-state index in [1.54, 1.807) is 11.3 Å². The number of thiophene rings is 1. The zero-order valence-corrected chi connectivity index (χ0v) is 15.0. The summed E-state index contributed by atoms with van der Waals surface area (Å²) in [6.45, 7) is 1.99. The number of amides is 1. The minimum absolute atomic E-state index is 0.000488. The van der Waals surface area contributed by atoms with E-state index in [1.807, 2.05) is 42.6 Å². The number of fused-ring (bicyclic) bond motifs is 3. The molecule has 130 valence electrons. The summed E-state index contributed by atoms with van der Waals surface area (Å²) in [7, 11) is 0. The first-order valence-electron chi connectivity index (χ1n) is 8.70. The van der Waals surface area contributed by atoms with Gasteiger partial charge in [0.25, 0.3) is 5.91 Å². The highest BCUT2D eigenvalue weighted by Crippen LogP contribution is 2.33. The molecule has 0 spiro atoms. The first-order valence-corrected chi connectivity index (χ1v) is 9.58. The number of benzene rings is 1. The maximum absolute atomic E-state index is 12.1. The number of hydrogen-bond donors (Lipinski definition) is 1. The van der Waals surface area contributed by atoms with Crippen LogP contribution in [0.4, 0.5) is 0 Å². The highest BCUT2D eigenvalue weighted by Gasteiger charge is 2.18. The Morgan fingerprint density at radius 1 is 1.32 bits per heavy atom. The van der Waals surface area contributed by atoms with Gasteiger partial charge in [-0.1, -0.05) is 6.07 Å². The fourth-order valence-corrected chi connectivity index (χ4v) is 4.11. The van der Waals surface area contributed by atoms with Gasteiger partial charge in [0.15, 0.2) is 6.61 Å². The van der Waals surface area contributed by atoms with Crippen LogP contribution in [0.15, 0.2) is 40.1 Å². The summed E-state index contributed by atoms with van der Waals surface area (Å²) in [5.41, 5.74) is 2.22. The minimum Gasteiger partial charge on any atom is -0.484 e. The van der Waals surface area contributed by atoms with Crippen molar-refractivity contribution in [3.63, 3.8) is 0 Å².